The molecule has 35 heavy (non-hydrogen) atoms. The molecule has 1 N–H and O–H groups in total. The second kappa shape index (κ2) is 9.60. The van der Waals surface area contributed by atoms with Crippen LogP contribution < -0.4 is 9.47 Å². The summed E-state index contributed by atoms with van der Waals surface area (Å²) in [6, 6.07) is 13.6. The molecule has 0 unspecified atom stereocenters. The van der Waals surface area contributed by atoms with Crippen LogP contribution in [-0.4, -0.2) is 29.4 Å². The molecule has 4 aromatic rings. The average molecular weight is 501 g/mol. The number of H-pyrrole nitrogens is 1. The topological polar surface area (TPSA) is 73.4 Å². The summed E-state index contributed by atoms with van der Waals surface area (Å²) in [6.45, 7) is 1.78. The number of nitrogens with one attached hydrogen (secondary N) is 1. The van der Waals surface area contributed by atoms with Crippen LogP contribution >= 0.6 is 11.6 Å². The summed E-state index contributed by atoms with van der Waals surface area (Å²) in [7, 11) is 1.30. The number of nitrogens with zero attached hydrogens (tertiary/aromatic N) is 1. The molecule has 178 valence electrons. The van der Waals surface area contributed by atoms with E-state index in [1.54, 1.807) is 37.3 Å². The van der Waals surface area contributed by atoms with Crippen molar-refractivity contribution in [2.24, 2.45) is 0 Å². The summed E-state index contributed by atoms with van der Waals surface area (Å²) >= 11 is 6.34. The van der Waals surface area contributed by atoms with Gasteiger partial charge in [0.2, 0.25) is 0 Å². The highest BCUT2D eigenvalue weighted by Gasteiger charge is 2.30. The Morgan fingerprint density at radius 1 is 1.03 bits per heavy atom. The third-order valence-electron chi connectivity index (χ3n) is 4.81. The number of fused-ring (bicyclic) bond motifs is 1. The van der Waals surface area contributed by atoms with Gasteiger partial charge in [-0.1, -0.05) is 29.5 Å². The number of aryl methyl sites for hydroxylation is 1. The van der Waals surface area contributed by atoms with Crippen LogP contribution in [0.15, 0.2) is 54.6 Å². The lowest BCUT2D eigenvalue weighted by molar-refractivity contribution is -0.274. The number of carbonyl (C=O) groups excluding carboxylic acids is 1. The minimum atomic E-state index is -4.76. The van der Waals surface area contributed by atoms with E-state index in [0.29, 0.717) is 38.5 Å². The molecule has 0 bridgehead atoms. The highest BCUT2D eigenvalue weighted by Crippen LogP contribution is 2.28. The predicted octanol–water partition coefficient (Wildman–Crippen LogP) is 6.40. The van der Waals surface area contributed by atoms with E-state index in [-0.39, 0.29) is 11.8 Å². The molecule has 3 aromatic carbocycles. The molecule has 0 aliphatic carbocycles. The molecule has 0 amide bonds. The van der Waals surface area contributed by atoms with Crippen molar-refractivity contribution in [3.63, 3.8) is 0 Å². The number of hydrogen-bond donors (Lipinski definition) is 1. The van der Waals surface area contributed by atoms with Crippen molar-refractivity contribution in [3.8, 4) is 29.4 Å². The number of imidazole rings is 1. The standard InChI is InChI=1S/C25H16ClF3N2O4/c1-14-3-8-18(12-19(14)23(32)33-2)34-24-30-21-11-16(20(26)13-22(21)31-24)7-4-15-5-9-17(10-6-15)35-25(27,28)29/h3,5-6,8-13H,1-2H3,(H,30,31). The zero-order valence-electron chi connectivity index (χ0n) is 18.3. The van der Waals surface area contributed by atoms with Gasteiger partial charge in [-0.15, -0.1) is 13.2 Å². The van der Waals surface area contributed by atoms with Gasteiger partial charge in [-0.2, -0.15) is 4.98 Å². The zero-order valence-corrected chi connectivity index (χ0v) is 19.0. The van der Waals surface area contributed by atoms with Gasteiger partial charge < -0.3 is 19.2 Å². The summed E-state index contributed by atoms with van der Waals surface area (Å²) in [5.41, 5.74) is 3.19. The van der Waals surface area contributed by atoms with Gasteiger partial charge >= 0.3 is 12.3 Å². The van der Waals surface area contributed by atoms with Crippen molar-refractivity contribution in [2.45, 2.75) is 13.3 Å². The fraction of sp³-hybridized carbons (Fsp3) is 0.120. The average Bonchev–Trinajstić information content (AvgIpc) is 3.19. The lowest BCUT2D eigenvalue weighted by Gasteiger charge is -2.07. The molecule has 6 nitrogen and oxygen atoms in total. The van der Waals surface area contributed by atoms with E-state index in [4.69, 9.17) is 21.1 Å². The van der Waals surface area contributed by atoms with Crippen LogP contribution in [0.2, 0.25) is 5.02 Å². The molecule has 10 heteroatoms. The van der Waals surface area contributed by atoms with Crippen LogP contribution in [0.25, 0.3) is 11.0 Å². The Bertz CT molecular complexity index is 1470. The number of benzene rings is 3. The highest BCUT2D eigenvalue weighted by atomic mass is 35.5. The number of hydrogen-bond acceptors (Lipinski definition) is 5. The van der Waals surface area contributed by atoms with Crippen LogP contribution in [0.1, 0.15) is 27.0 Å². The third-order valence-corrected chi connectivity index (χ3v) is 5.12. The fourth-order valence-corrected chi connectivity index (χ4v) is 3.35. The van der Waals surface area contributed by atoms with E-state index in [1.807, 2.05) is 0 Å². The molecule has 0 radical (unpaired) electrons. The second-order valence-electron chi connectivity index (χ2n) is 7.28. The molecule has 0 atom stereocenters. The van der Waals surface area contributed by atoms with E-state index in [0.717, 1.165) is 5.56 Å². The molecule has 0 aliphatic heterocycles. The van der Waals surface area contributed by atoms with Gasteiger partial charge in [0.25, 0.3) is 6.01 Å². The molecule has 0 aliphatic rings. The van der Waals surface area contributed by atoms with E-state index in [2.05, 4.69) is 26.5 Å². The molecule has 1 heterocycles. The number of alkyl halides is 3. The largest absolute Gasteiger partial charge is 0.573 e. The minimum Gasteiger partial charge on any atom is -0.465 e. The van der Waals surface area contributed by atoms with Crippen LogP contribution in [0.3, 0.4) is 0 Å². The van der Waals surface area contributed by atoms with Gasteiger partial charge in [0, 0.05) is 11.1 Å². The van der Waals surface area contributed by atoms with Crippen molar-refractivity contribution >= 4 is 28.6 Å². The molecule has 0 saturated carbocycles. The van der Waals surface area contributed by atoms with E-state index in [1.165, 1.54) is 31.4 Å². The summed E-state index contributed by atoms with van der Waals surface area (Å²) in [5.74, 6) is 5.31. The van der Waals surface area contributed by atoms with Crippen LogP contribution in [0.4, 0.5) is 13.2 Å². The molecular weight excluding hydrogens is 485 g/mol. The number of carbonyl (C=O) groups is 1. The second-order valence-corrected chi connectivity index (χ2v) is 7.69. The number of methoxy groups -OCH3 is 1. The van der Waals surface area contributed by atoms with Crippen LogP contribution in [-0.2, 0) is 4.74 Å². The highest BCUT2D eigenvalue weighted by molar-refractivity contribution is 6.32. The third kappa shape index (κ3) is 5.86. The van der Waals surface area contributed by atoms with Gasteiger partial charge in [0.15, 0.2) is 0 Å². The maximum atomic E-state index is 12.3. The van der Waals surface area contributed by atoms with Gasteiger partial charge in [-0.25, -0.2) is 4.79 Å². The Kier molecular flexibility index (Phi) is 6.58. The monoisotopic (exact) mass is 500 g/mol. The van der Waals surface area contributed by atoms with Crippen molar-refractivity contribution in [3.05, 3.63) is 81.9 Å². The number of ether oxygens (including phenoxy) is 3. The Morgan fingerprint density at radius 2 is 1.74 bits per heavy atom. The Balaban J connectivity index is 1.55. The summed E-state index contributed by atoms with van der Waals surface area (Å²) in [6.07, 6.45) is -4.76. The summed E-state index contributed by atoms with van der Waals surface area (Å²) in [4.78, 5) is 19.3. The van der Waals surface area contributed by atoms with Crippen molar-refractivity contribution in [1.82, 2.24) is 9.97 Å². The Hall–Kier alpha value is -4.16. The van der Waals surface area contributed by atoms with Gasteiger partial charge in [-0.05, 0) is 61.0 Å². The maximum absolute atomic E-state index is 12.3. The molecule has 0 saturated heterocycles. The first kappa shape index (κ1) is 24.0. The first-order valence-corrected chi connectivity index (χ1v) is 10.4. The SMILES string of the molecule is COC(=O)c1cc(Oc2nc3cc(C#Cc4ccc(OC(F)(F)F)cc4)c(Cl)cc3[nH]2)ccc1C. The van der Waals surface area contributed by atoms with Crippen molar-refractivity contribution in [2.75, 3.05) is 7.11 Å². The van der Waals surface area contributed by atoms with Crippen molar-refractivity contribution < 1.29 is 32.2 Å². The molecule has 4 rings (SSSR count). The lowest BCUT2D eigenvalue weighted by Crippen LogP contribution is -2.16. The molecule has 1 aromatic heterocycles. The molecule has 0 fully saturated rings. The quantitative estimate of drug-likeness (QED) is 0.259. The van der Waals surface area contributed by atoms with Crippen LogP contribution in [0.5, 0.6) is 17.5 Å². The maximum Gasteiger partial charge on any atom is 0.573 e. The fourth-order valence-electron chi connectivity index (χ4n) is 3.14. The number of aromatic amines is 1. The van der Waals surface area contributed by atoms with E-state index >= 15 is 0 Å². The number of rotatable bonds is 4. The summed E-state index contributed by atoms with van der Waals surface area (Å²) < 4.78 is 51.2. The van der Waals surface area contributed by atoms with Gasteiger partial charge in [0.05, 0.1) is 28.7 Å². The zero-order chi connectivity index (χ0) is 25.2. The number of aromatic nitrogens is 2. The first-order valence-electron chi connectivity index (χ1n) is 10.1. The van der Waals surface area contributed by atoms with Crippen molar-refractivity contribution in [1.29, 1.82) is 0 Å². The smallest absolute Gasteiger partial charge is 0.465 e. The van der Waals surface area contributed by atoms with E-state index in [9.17, 15) is 18.0 Å². The van der Waals surface area contributed by atoms with Gasteiger partial charge in [0.1, 0.15) is 11.5 Å². The normalized spacial score (nSPS) is 11.0. The first-order chi connectivity index (χ1) is 16.6. The van der Waals surface area contributed by atoms with Crippen LogP contribution in [0, 0.1) is 18.8 Å². The summed E-state index contributed by atoms with van der Waals surface area (Å²) in [5, 5.41) is 0.348. The van der Waals surface area contributed by atoms with E-state index < -0.39 is 12.3 Å². The molecular formula is C25H16ClF3N2O4. The number of esters is 1. The lowest BCUT2D eigenvalue weighted by atomic mass is 10.1. The number of halogens is 4. The van der Waals surface area contributed by atoms with Gasteiger partial charge in [-0.3, -0.25) is 0 Å². The molecule has 0 spiro atoms. The Labute approximate surface area is 202 Å². The Morgan fingerprint density at radius 3 is 2.43 bits per heavy atom. The predicted molar refractivity (Wildman–Crippen MR) is 123 cm³/mol. The minimum absolute atomic E-state index is 0.182.